The highest BCUT2D eigenvalue weighted by molar-refractivity contribution is 6.03. The van der Waals surface area contributed by atoms with Gasteiger partial charge in [0, 0.05) is 12.5 Å². The van der Waals surface area contributed by atoms with Gasteiger partial charge in [0.05, 0.1) is 13.3 Å². The van der Waals surface area contributed by atoms with Crippen molar-refractivity contribution >= 4 is 18.0 Å². The van der Waals surface area contributed by atoms with Gasteiger partial charge in [0.1, 0.15) is 12.5 Å². The lowest BCUT2D eigenvalue weighted by atomic mass is 9.88. The minimum Gasteiger partial charge on any atom is -0.493 e. The van der Waals surface area contributed by atoms with Crippen molar-refractivity contribution in [1.29, 1.82) is 0 Å². The molecule has 3 aromatic rings. The van der Waals surface area contributed by atoms with Crippen molar-refractivity contribution in [1.82, 2.24) is 10.7 Å². The Morgan fingerprint density at radius 1 is 1.06 bits per heavy atom. The van der Waals surface area contributed by atoms with Crippen LogP contribution in [0.1, 0.15) is 22.6 Å². The molecule has 33 heavy (non-hydrogen) atoms. The molecule has 7 heteroatoms. The molecule has 0 unspecified atom stereocenters. The molecule has 2 atom stereocenters. The van der Waals surface area contributed by atoms with E-state index in [0.717, 1.165) is 16.7 Å². The van der Waals surface area contributed by atoms with E-state index in [2.05, 4.69) is 15.8 Å². The van der Waals surface area contributed by atoms with Gasteiger partial charge in [-0.05, 0) is 34.9 Å². The maximum absolute atomic E-state index is 12.7. The van der Waals surface area contributed by atoms with Gasteiger partial charge in [-0.15, -0.1) is 0 Å². The molecule has 1 aliphatic rings. The first-order valence-corrected chi connectivity index (χ1v) is 10.7. The monoisotopic (exact) mass is 443 g/mol. The summed E-state index contributed by atoms with van der Waals surface area (Å²) in [6.07, 6.45) is 1.51. The van der Waals surface area contributed by atoms with Gasteiger partial charge in [-0.1, -0.05) is 60.7 Å². The van der Waals surface area contributed by atoms with Gasteiger partial charge in [-0.25, -0.2) is 5.43 Å². The Hall–Kier alpha value is -4.13. The summed E-state index contributed by atoms with van der Waals surface area (Å²) < 4.78 is 11.3. The molecule has 0 radical (unpaired) electrons. The van der Waals surface area contributed by atoms with E-state index in [-0.39, 0.29) is 11.8 Å². The summed E-state index contributed by atoms with van der Waals surface area (Å²) in [6.45, 7) is 0.846. The summed E-state index contributed by atoms with van der Waals surface area (Å²) >= 11 is 0. The zero-order chi connectivity index (χ0) is 23.0. The van der Waals surface area contributed by atoms with Gasteiger partial charge in [0.25, 0.3) is 5.91 Å². The van der Waals surface area contributed by atoms with Crippen LogP contribution in [0.3, 0.4) is 0 Å². The fourth-order valence-electron chi connectivity index (χ4n) is 3.79. The molecule has 7 nitrogen and oxygen atoms in total. The smallest absolute Gasteiger partial charge is 0.253 e. The molecule has 2 N–H and O–H groups in total. The topological polar surface area (TPSA) is 89.0 Å². The second kappa shape index (κ2) is 10.5. The van der Waals surface area contributed by atoms with E-state index in [1.54, 1.807) is 19.2 Å². The Balaban J connectivity index is 1.39. The Bertz CT molecular complexity index is 1130. The van der Waals surface area contributed by atoms with E-state index in [4.69, 9.17) is 9.47 Å². The van der Waals surface area contributed by atoms with Gasteiger partial charge in [0.2, 0.25) is 5.91 Å². The number of nitrogens with zero attached hydrogens (tertiary/aromatic N) is 1. The van der Waals surface area contributed by atoms with Crippen LogP contribution in [0.15, 0.2) is 84.0 Å². The molecular weight excluding hydrogens is 418 g/mol. The standard InChI is InChI=1S/C26H25N3O4/c1-32-23-14-19(12-13-22(23)33-17-18-8-4-2-5-9-18)15-28-29-26(31)24-21(16-27-25(24)30)20-10-6-3-7-11-20/h2-15,21,24H,16-17H2,1H3,(H,27,30)(H,29,31)/b28-15+/t21-,24-/m0/s1. The summed E-state index contributed by atoms with van der Waals surface area (Å²) in [4.78, 5) is 25.0. The first-order chi connectivity index (χ1) is 16.2. The molecule has 1 fully saturated rings. The average Bonchev–Trinajstić information content (AvgIpc) is 3.25. The van der Waals surface area contributed by atoms with Gasteiger partial charge in [0.15, 0.2) is 11.5 Å². The van der Waals surface area contributed by atoms with E-state index in [1.807, 2.05) is 66.7 Å². The third kappa shape index (κ3) is 5.38. The number of benzene rings is 3. The fourth-order valence-corrected chi connectivity index (χ4v) is 3.79. The van der Waals surface area contributed by atoms with Gasteiger partial charge in [-0.2, -0.15) is 5.10 Å². The number of nitrogens with one attached hydrogen (secondary N) is 2. The Morgan fingerprint density at radius 2 is 1.79 bits per heavy atom. The lowest BCUT2D eigenvalue weighted by Gasteiger charge is -2.15. The van der Waals surface area contributed by atoms with Crippen LogP contribution in [0.2, 0.25) is 0 Å². The second-order valence-corrected chi connectivity index (χ2v) is 7.66. The molecule has 4 rings (SSSR count). The normalized spacial score (nSPS) is 17.5. The number of carbonyl (C=O) groups excluding carboxylic acids is 2. The number of hydrogen-bond acceptors (Lipinski definition) is 5. The highest BCUT2D eigenvalue weighted by atomic mass is 16.5. The second-order valence-electron chi connectivity index (χ2n) is 7.66. The number of rotatable bonds is 8. The van der Waals surface area contributed by atoms with Gasteiger partial charge in [-0.3, -0.25) is 9.59 Å². The minimum atomic E-state index is -0.826. The molecule has 168 valence electrons. The largest absolute Gasteiger partial charge is 0.493 e. The summed E-state index contributed by atoms with van der Waals surface area (Å²) in [6, 6.07) is 24.8. The minimum absolute atomic E-state index is 0.227. The van der Waals surface area contributed by atoms with E-state index in [1.165, 1.54) is 6.21 Å². The SMILES string of the molecule is COc1cc(/C=N/NC(=O)[C@@H]2C(=O)NC[C@H]2c2ccccc2)ccc1OCc1ccccc1. The van der Waals surface area contributed by atoms with Crippen LogP contribution in [-0.2, 0) is 16.2 Å². The molecule has 0 aliphatic carbocycles. The highest BCUT2D eigenvalue weighted by Gasteiger charge is 2.40. The van der Waals surface area contributed by atoms with Crippen LogP contribution in [-0.4, -0.2) is 31.7 Å². The lowest BCUT2D eigenvalue weighted by molar-refractivity contribution is -0.133. The molecule has 0 bridgehead atoms. The van der Waals surface area contributed by atoms with Gasteiger partial charge >= 0.3 is 0 Å². The van der Waals surface area contributed by atoms with Crippen LogP contribution in [0.5, 0.6) is 11.5 Å². The fraction of sp³-hybridized carbons (Fsp3) is 0.192. The first-order valence-electron chi connectivity index (χ1n) is 10.7. The quantitative estimate of drug-likeness (QED) is 0.318. The van der Waals surface area contributed by atoms with Crippen LogP contribution in [0, 0.1) is 5.92 Å². The average molecular weight is 444 g/mol. The number of amides is 2. The number of methoxy groups -OCH3 is 1. The maximum Gasteiger partial charge on any atom is 0.253 e. The predicted molar refractivity (Wildman–Crippen MR) is 125 cm³/mol. The third-order valence-corrected chi connectivity index (χ3v) is 5.50. The number of carbonyl (C=O) groups is 2. The Morgan fingerprint density at radius 3 is 2.52 bits per heavy atom. The Kier molecular flexibility index (Phi) is 6.99. The molecule has 1 aliphatic heterocycles. The molecule has 2 amide bonds. The Labute approximate surface area is 192 Å². The summed E-state index contributed by atoms with van der Waals surface area (Å²) in [5, 5.41) is 6.82. The number of hydrogen-bond donors (Lipinski definition) is 2. The van der Waals surface area contributed by atoms with Crippen LogP contribution >= 0.6 is 0 Å². The molecule has 1 heterocycles. The van der Waals surface area contributed by atoms with E-state index in [9.17, 15) is 9.59 Å². The van der Waals surface area contributed by atoms with Crippen LogP contribution < -0.4 is 20.2 Å². The first kappa shape index (κ1) is 22.1. The molecule has 0 aromatic heterocycles. The zero-order valence-corrected chi connectivity index (χ0v) is 18.2. The van der Waals surface area contributed by atoms with Crippen molar-refractivity contribution in [2.75, 3.05) is 13.7 Å². The van der Waals surface area contributed by atoms with Crippen molar-refractivity contribution in [2.45, 2.75) is 12.5 Å². The predicted octanol–water partition coefficient (Wildman–Crippen LogP) is 3.25. The van der Waals surface area contributed by atoms with E-state index >= 15 is 0 Å². The van der Waals surface area contributed by atoms with E-state index < -0.39 is 11.8 Å². The van der Waals surface area contributed by atoms with Crippen LogP contribution in [0.25, 0.3) is 0 Å². The summed E-state index contributed by atoms with van der Waals surface area (Å²) in [7, 11) is 1.57. The molecule has 1 saturated heterocycles. The van der Waals surface area contributed by atoms with Crippen molar-refractivity contribution in [2.24, 2.45) is 11.0 Å². The number of hydrazone groups is 1. The third-order valence-electron chi connectivity index (χ3n) is 5.50. The lowest BCUT2D eigenvalue weighted by Crippen LogP contribution is -2.34. The van der Waals surface area contributed by atoms with E-state index in [0.29, 0.717) is 24.7 Å². The van der Waals surface area contributed by atoms with Crippen molar-refractivity contribution in [3.05, 3.63) is 95.6 Å². The maximum atomic E-state index is 12.7. The molecule has 3 aromatic carbocycles. The molecule has 0 saturated carbocycles. The van der Waals surface area contributed by atoms with Crippen LogP contribution in [0.4, 0.5) is 0 Å². The number of ether oxygens (including phenoxy) is 2. The molecule has 0 spiro atoms. The van der Waals surface area contributed by atoms with Gasteiger partial charge < -0.3 is 14.8 Å². The highest BCUT2D eigenvalue weighted by Crippen LogP contribution is 2.30. The van der Waals surface area contributed by atoms with Crippen molar-refractivity contribution < 1.29 is 19.1 Å². The zero-order valence-electron chi connectivity index (χ0n) is 18.2. The van der Waals surface area contributed by atoms with Crippen molar-refractivity contribution in [3.63, 3.8) is 0 Å². The summed E-state index contributed by atoms with van der Waals surface area (Å²) in [5.41, 5.74) is 5.21. The van der Waals surface area contributed by atoms with Crippen molar-refractivity contribution in [3.8, 4) is 11.5 Å². The summed E-state index contributed by atoms with van der Waals surface area (Å²) in [5.74, 6) is -0.623. The molecular formula is C26H25N3O4.